The first-order valence-electron chi connectivity index (χ1n) is 7.30. The summed E-state index contributed by atoms with van der Waals surface area (Å²) in [6.07, 6.45) is 3.76. The second kappa shape index (κ2) is 4.83. The van der Waals surface area contributed by atoms with E-state index in [1.54, 1.807) is 4.57 Å². The lowest BCUT2D eigenvalue weighted by Crippen LogP contribution is -2.48. The average Bonchev–Trinajstić information content (AvgIpc) is 3.00. The lowest BCUT2D eigenvalue weighted by Gasteiger charge is -2.46. The van der Waals surface area contributed by atoms with Crippen molar-refractivity contribution in [3.05, 3.63) is 12.1 Å². The summed E-state index contributed by atoms with van der Waals surface area (Å²) in [4.78, 5) is 12.8. The summed E-state index contributed by atoms with van der Waals surface area (Å²) in [5, 5.41) is 31.1. The van der Waals surface area contributed by atoms with Gasteiger partial charge in [-0.3, -0.25) is 4.57 Å². The summed E-state index contributed by atoms with van der Waals surface area (Å²) in [6, 6.07) is 0. The summed E-state index contributed by atoms with van der Waals surface area (Å²) < 4.78 is 1.66. The number of anilines is 1. The Hall–Kier alpha value is -1.84. The topological polar surface area (TPSA) is 130 Å². The van der Waals surface area contributed by atoms with Gasteiger partial charge in [0.15, 0.2) is 22.1 Å². The number of imidazole rings is 1. The molecule has 8 nitrogen and oxygen atoms in total. The summed E-state index contributed by atoms with van der Waals surface area (Å²) in [7, 11) is 0. The Morgan fingerprint density at radius 2 is 2.26 bits per heavy atom. The van der Waals surface area contributed by atoms with E-state index in [1.165, 1.54) is 18.1 Å². The van der Waals surface area contributed by atoms with Gasteiger partial charge < -0.3 is 21.1 Å². The highest BCUT2D eigenvalue weighted by atomic mass is 32.2. The van der Waals surface area contributed by atoms with E-state index in [1.807, 2.05) is 6.26 Å². The normalized spacial score (nSPS) is 29.9. The third-order valence-electron chi connectivity index (χ3n) is 5.13. The zero-order valence-electron chi connectivity index (χ0n) is 12.5. The largest absolute Gasteiger partial charge is 0.508 e. The van der Waals surface area contributed by atoms with Crippen LogP contribution in [0.3, 0.4) is 0 Å². The van der Waals surface area contributed by atoms with Crippen molar-refractivity contribution in [1.29, 1.82) is 0 Å². The Morgan fingerprint density at radius 3 is 2.83 bits per heavy atom. The van der Waals surface area contributed by atoms with Crippen LogP contribution in [0.2, 0.25) is 0 Å². The van der Waals surface area contributed by atoms with Gasteiger partial charge in [-0.15, -0.1) is 0 Å². The number of hydrogen-bond acceptors (Lipinski definition) is 8. The van der Waals surface area contributed by atoms with Crippen LogP contribution >= 0.6 is 11.8 Å². The number of thioether (sulfide) groups is 1. The molecule has 9 heteroatoms. The van der Waals surface area contributed by atoms with E-state index in [9.17, 15) is 15.3 Å². The van der Waals surface area contributed by atoms with Gasteiger partial charge in [0.05, 0.1) is 12.3 Å². The predicted molar refractivity (Wildman–Crippen MR) is 85.6 cm³/mol. The quantitative estimate of drug-likeness (QED) is 0.474. The minimum Gasteiger partial charge on any atom is -0.508 e. The molecular formula is C14H17N5O3S. The van der Waals surface area contributed by atoms with Gasteiger partial charge in [-0.2, -0.15) is 0 Å². The second-order valence-electron chi connectivity index (χ2n) is 6.04. The minimum atomic E-state index is -1.07. The van der Waals surface area contributed by atoms with Crippen LogP contribution in [0.25, 0.3) is 16.9 Å². The Bertz CT molecular complexity index is 831. The van der Waals surface area contributed by atoms with Crippen molar-refractivity contribution in [3.8, 4) is 0 Å². The first kappa shape index (κ1) is 14.7. The van der Waals surface area contributed by atoms with Crippen LogP contribution in [0.4, 0.5) is 5.82 Å². The number of nitrogen functional groups attached to an aromatic ring is 1. The lowest BCUT2D eigenvalue weighted by atomic mass is 9.60. The molecule has 0 aliphatic heterocycles. The van der Waals surface area contributed by atoms with Crippen LogP contribution in [0.15, 0.2) is 17.2 Å². The Labute approximate surface area is 136 Å². The summed E-state index contributed by atoms with van der Waals surface area (Å²) in [5.41, 5.74) is 6.73. The van der Waals surface area contributed by atoms with E-state index in [-0.39, 0.29) is 24.1 Å². The monoisotopic (exact) mass is 335 g/mol. The summed E-state index contributed by atoms with van der Waals surface area (Å²) in [6.45, 7) is -0.174. The van der Waals surface area contributed by atoms with Crippen LogP contribution in [0.1, 0.15) is 12.8 Å². The van der Waals surface area contributed by atoms with Crippen LogP contribution in [-0.4, -0.2) is 53.8 Å². The van der Waals surface area contributed by atoms with Crippen molar-refractivity contribution in [1.82, 2.24) is 19.5 Å². The highest BCUT2D eigenvalue weighted by Crippen LogP contribution is 2.60. The van der Waals surface area contributed by atoms with Gasteiger partial charge in [-0.1, -0.05) is 11.8 Å². The first-order chi connectivity index (χ1) is 11.0. The highest BCUT2D eigenvalue weighted by molar-refractivity contribution is 7.98. The van der Waals surface area contributed by atoms with Crippen LogP contribution < -0.4 is 5.73 Å². The molecule has 5 N–H and O–H groups in total. The standard InChI is InChI=1S/C14H17N5O3S/c1-23-13-17-11(15)7-12(18-13)19(5-16-7)8-6-2-3-14(6,4-20)10(22)9(8)21/h5-6,10,20-22H,2-4H2,1H3,(H2,15,17,18)/t6-,10+,14+/m1/s1. The molecule has 2 heterocycles. The maximum Gasteiger partial charge on any atom is 0.191 e. The zero-order valence-corrected chi connectivity index (χ0v) is 13.3. The third-order valence-corrected chi connectivity index (χ3v) is 5.68. The molecule has 2 aromatic heterocycles. The van der Waals surface area contributed by atoms with Crippen LogP contribution in [-0.2, 0) is 0 Å². The SMILES string of the molecule is CSc1nc(N)c2ncn(C3=C(O)[C@H](O)[C@]4(CO)CC[C@H]34)c2n1. The molecule has 0 radical (unpaired) electrons. The number of allylic oxidation sites excluding steroid dienone is 1. The summed E-state index contributed by atoms with van der Waals surface area (Å²) in [5.74, 6) is 0.0244. The fourth-order valence-corrected chi connectivity index (χ4v) is 4.09. The van der Waals surface area contributed by atoms with Gasteiger partial charge in [0.1, 0.15) is 18.2 Å². The van der Waals surface area contributed by atoms with Crippen LogP contribution in [0, 0.1) is 11.3 Å². The number of hydrogen-bond donors (Lipinski definition) is 4. The molecule has 2 aromatic rings. The highest BCUT2D eigenvalue weighted by Gasteiger charge is 2.60. The fourth-order valence-electron chi connectivity index (χ4n) is 3.72. The van der Waals surface area contributed by atoms with E-state index in [4.69, 9.17) is 5.73 Å². The Balaban J connectivity index is 1.92. The van der Waals surface area contributed by atoms with E-state index < -0.39 is 11.5 Å². The number of rotatable bonds is 3. The molecule has 0 bridgehead atoms. The molecule has 0 saturated heterocycles. The zero-order chi connectivity index (χ0) is 16.4. The fraction of sp³-hybridized carbons (Fsp3) is 0.500. The second-order valence-corrected chi connectivity index (χ2v) is 6.81. The predicted octanol–water partition coefficient (Wildman–Crippen LogP) is 0.620. The first-order valence-corrected chi connectivity index (χ1v) is 8.53. The van der Waals surface area contributed by atoms with Crippen molar-refractivity contribution in [2.24, 2.45) is 11.3 Å². The smallest absolute Gasteiger partial charge is 0.191 e. The number of nitrogens with two attached hydrogens (primary N) is 1. The van der Waals surface area contributed by atoms with E-state index >= 15 is 0 Å². The third kappa shape index (κ3) is 1.72. The van der Waals surface area contributed by atoms with E-state index in [2.05, 4.69) is 15.0 Å². The van der Waals surface area contributed by atoms with Crippen molar-refractivity contribution in [2.45, 2.75) is 24.1 Å². The Morgan fingerprint density at radius 1 is 1.48 bits per heavy atom. The number of fused-ring (bicyclic) bond motifs is 2. The average molecular weight is 335 g/mol. The van der Waals surface area contributed by atoms with Crippen LogP contribution in [0.5, 0.6) is 0 Å². The van der Waals surface area contributed by atoms with Crippen molar-refractivity contribution in [3.63, 3.8) is 0 Å². The van der Waals surface area contributed by atoms with Crippen molar-refractivity contribution in [2.75, 3.05) is 18.6 Å². The van der Waals surface area contributed by atoms with Crippen molar-refractivity contribution < 1.29 is 15.3 Å². The van der Waals surface area contributed by atoms with E-state index in [0.29, 0.717) is 28.4 Å². The molecule has 0 aromatic carbocycles. The van der Waals surface area contributed by atoms with Gasteiger partial charge in [-0.25, -0.2) is 15.0 Å². The number of aliphatic hydroxyl groups excluding tert-OH is 3. The maximum absolute atomic E-state index is 10.5. The molecule has 2 aliphatic rings. The molecule has 0 spiro atoms. The van der Waals surface area contributed by atoms with E-state index in [0.717, 1.165) is 6.42 Å². The molecule has 122 valence electrons. The molecule has 1 fully saturated rings. The molecule has 1 saturated carbocycles. The van der Waals surface area contributed by atoms with Gasteiger partial charge in [0, 0.05) is 11.3 Å². The molecule has 4 rings (SSSR count). The number of aliphatic hydroxyl groups is 3. The minimum absolute atomic E-state index is 0.122. The lowest BCUT2D eigenvalue weighted by molar-refractivity contribution is -0.0793. The summed E-state index contributed by atoms with van der Waals surface area (Å²) >= 11 is 1.36. The van der Waals surface area contributed by atoms with Gasteiger partial charge in [0.2, 0.25) is 0 Å². The molecular weight excluding hydrogens is 318 g/mol. The molecule has 0 unspecified atom stereocenters. The number of aromatic nitrogens is 4. The van der Waals surface area contributed by atoms with Gasteiger partial charge in [0.25, 0.3) is 0 Å². The van der Waals surface area contributed by atoms with Crippen molar-refractivity contribution >= 4 is 34.4 Å². The Kier molecular flexibility index (Phi) is 3.09. The number of nitrogens with zero attached hydrogens (tertiary/aromatic N) is 4. The maximum atomic E-state index is 10.5. The van der Waals surface area contributed by atoms with Gasteiger partial charge >= 0.3 is 0 Å². The molecule has 3 atom stereocenters. The van der Waals surface area contributed by atoms with Gasteiger partial charge in [-0.05, 0) is 19.1 Å². The molecule has 23 heavy (non-hydrogen) atoms. The molecule has 2 aliphatic carbocycles. The molecule has 0 amide bonds.